The first-order valence-corrected chi connectivity index (χ1v) is 11.1. The van der Waals surface area contributed by atoms with Crippen molar-refractivity contribution in [2.24, 2.45) is 4.99 Å². The Hall–Kier alpha value is -0.280. The van der Waals surface area contributed by atoms with Crippen LogP contribution in [0.3, 0.4) is 0 Å². The Bertz CT molecular complexity index is 677. The Labute approximate surface area is 202 Å². The molecule has 0 aliphatic carbocycles. The molecule has 2 aliphatic rings. The van der Waals surface area contributed by atoms with E-state index in [2.05, 4.69) is 29.4 Å². The van der Waals surface area contributed by atoms with Crippen molar-refractivity contribution in [1.82, 2.24) is 15.5 Å². The van der Waals surface area contributed by atoms with Crippen LogP contribution in [0.1, 0.15) is 51.1 Å². The molecule has 29 heavy (non-hydrogen) atoms. The van der Waals surface area contributed by atoms with Crippen molar-refractivity contribution in [1.29, 1.82) is 0 Å². The summed E-state index contributed by atoms with van der Waals surface area (Å²) in [5.74, 6) is 0.839. The molecule has 2 heterocycles. The summed E-state index contributed by atoms with van der Waals surface area (Å²) < 4.78 is 5.65. The maximum absolute atomic E-state index is 6.19. The van der Waals surface area contributed by atoms with Gasteiger partial charge in [0.25, 0.3) is 0 Å². The van der Waals surface area contributed by atoms with Gasteiger partial charge in [-0.15, -0.1) is 24.0 Å². The van der Waals surface area contributed by atoms with Gasteiger partial charge in [0.2, 0.25) is 0 Å². The Morgan fingerprint density at radius 1 is 1.21 bits per heavy atom. The number of likely N-dealkylation sites (tertiary alicyclic amines) is 1. The first-order valence-electron chi connectivity index (χ1n) is 10.4. The quantitative estimate of drug-likeness (QED) is 0.299. The first kappa shape index (κ1) is 25.0. The molecule has 0 bridgehead atoms. The van der Waals surface area contributed by atoms with Crippen LogP contribution < -0.4 is 10.6 Å². The molecule has 0 radical (unpaired) electrons. The third-order valence-corrected chi connectivity index (χ3v) is 6.61. The topological polar surface area (TPSA) is 48.9 Å². The lowest BCUT2D eigenvalue weighted by Crippen LogP contribution is -2.54. The van der Waals surface area contributed by atoms with Gasteiger partial charge in [0.15, 0.2) is 5.96 Å². The highest BCUT2D eigenvalue weighted by atomic mass is 127. The van der Waals surface area contributed by atoms with Gasteiger partial charge in [-0.05, 0) is 70.3 Å². The standard InChI is InChI=1S/C21H32Cl2N4O.HI/c1-3-24-20(26-16(2)17-6-7-18(22)19(23)14-17)25-15-21(8-12-28-13-9-21)27-10-4-5-11-27;/h6-7,14,16H,3-5,8-13,15H2,1-2H3,(H2,24,25,26);1H. The lowest BCUT2D eigenvalue weighted by Gasteiger charge is -2.43. The summed E-state index contributed by atoms with van der Waals surface area (Å²) in [7, 11) is 0. The van der Waals surface area contributed by atoms with Gasteiger partial charge >= 0.3 is 0 Å². The number of nitrogens with zero attached hydrogens (tertiary/aromatic N) is 2. The SMILES string of the molecule is CCNC(=NCC1(N2CCCC2)CCOCC1)NC(C)c1ccc(Cl)c(Cl)c1.I. The number of halogens is 3. The molecule has 8 heteroatoms. The number of hydrogen-bond acceptors (Lipinski definition) is 3. The molecule has 5 nitrogen and oxygen atoms in total. The van der Waals surface area contributed by atoms with Crippen LogP contribution in [-0.4, -0.2) is 55.8 Å². The maximum atomic E-state index is 6.19. The van der Waals surface area contributed by atoms with Crippen LogP contribution in [-0.2, 0) is 4.74 Å². The lowest BCUT2D eigenvalue weighted by atomic mass is 9.88. The second-order valence-corrected chi connectivity index (χ2v) is 8.58. The fourth-order valence-corrected chi connectivity index (χ4v) is 4.44. The highest BCUT2D eigenvalue weighted by Crippen LogP contribution is 2.32. The lowest BCUT2D eigenvalue weighted by molar-refractivity contribution is -0.0139. The van der Waals surface area contributed by atoms with E-state index in [1.807, 2.05) is 18.2 Å². The van der Waals surface area contributed by atoms with Crippen LogP contribution in [0.15, 0.2) is 23.2 Å². The van der Waals surface area contributed by atoms with Gasteiger partial charge in [-0.1, -0.05) is 29.3 Å². The second kappa shape index (κ2) is 11.9. The van der Waals surface area contributed by atoms with Gasteiger partial charge in [0, 0.05) is 25.3 Å². The van der Waals surface area contributed by atoms with Gasteiger partial charge in [-0.25, -0.2) is 0 Å². The Balaban J connectivity index is 0.00000300. The Morgan fingerprint density at radius 2 is 1.90 bits per heavy atom. The van der Waals surface area contributed by atoms with Gasteiger partial charge in [-0.3, -0.25) is 9.89 Å². The van der Waals surface area contributed by atoms with Crippen LogP contribution in [0.4, 0.5) is 0 Å². The molecule has 3 rings (SSSR count). The predicted octanol–water partition coefficient (Wildman–Crippen LogP) is 4.87. The highest BCUT2D eigenvalue weighted by Gasteiger charge is 2.39. The molecule has 164 valence electrons. The predicted molar refractivity (Wildman–Crippen MR) is 133 cm³/mol. The van der Waals surface area contributed by atoms with Crippen LogP contribution in [0, 0.1) is 0 Å². The van der Waals surface area contributed by atoms with E-state index in [1.165, 1.54) is 25.9 Å². The molecular formula is C21H33Cl2IN4O. The van der Waals surface area contributed by atoms with Gasteiger partial charge in [0.1, 0.15) is 0 Å². The van der Waals surface area contributed by atoms with E-state index in [-0.39, 0.29) is 35.6 Å². The number of rotatable bonds is 6. The van der Waals surface area contributed by atoms with E-state index in [1.54, 1.807) is 0 Å². The van der Waals surface area contributed by atoms with E-state index < -0.39 is 0 Å². The molecule has 1 atom stereocenters. The zero-order valence-electron chi connectivity index (χ0n) is 17.3. The third-order valence-electron chi connectivity index (χ3n) is 5.87. The number of nitrogens with one attached hydrogen (secondary N) is 2. The smallest absolute Gasteiger partial charge is 0.191 e. The molecule has 1 unspecified atom stereocenters. The van der Waals surface area contributed by atoms with Crippen molar-refractivity contribution in [2.45, 2.75) is 51.1 Å². The summed E-state index contributed by atoms with van der Waals surface area (Å²) >= 11 is 12.2. The van der Waals surface area contributed by atoms with Crippen molar-refractivity contribution in [2.75, 3.05) is 39.4 Å². The molecule has 1 aromatic rings. The van der Waals surface area contributed by atoms with Gasteiger partial charge in [-0.2, -0.15) is 0 Å². The van der Waals surface area contributed by atoms with E-state index in [9.17, 15) is 0 Å². The average molecular weight is 555 g/mol. The van der Waals surface area contributed by atoms with E-state index in [0.29, 0.717) is 10.0 Å². The average Bonchev–Trinajstić information content (AvgIpc) is 3.25. The van der Waals surface area contributed by atoms with Crippen molar-refractivity contribution >= 4 is 53.1 Å². The molecule has 0 amide bonds. The number of ether oxygens (including phenoxy) is 1. The molecule has 2 saturated heterocycles. The number of aliphatic imine (C=N–C) groups is 1. The van der Waals surface area contributed by atoms with Crippen LogP contribution in [0.25, 0.3) is 0 Å². The summed E-state index contributed by atoms with van der Waals surface area (Å²) in [5.41, 5.74) is 1.21. The monoisotopic (exact) mass is 554 g/mol. The molecule has 0 saturated carbocycles. The largest absolute Gasteiger partial charge is 0.381 e. The Kier molecular flexibility index (Phi) is 10.3. The molecule has 0 spiro atoms. The van der Waals surface area contributed by atoms with Crippen LogP contribution >= 0.6 is 47.2 Å². The molecule has 1 aromatic carbocycles. The minimum atomic E-state index is 0. The third kappa shape index (κ3) is 6.60. The minimum Gasteiger partial charge on any atom is -0.381 e. The van der Waals surface area contributed by atoms with Gasteiger partial charge in [0.05, 0.1) is 22.6 Å². The molecule has 2 N–H and O–H groups in total. The summed E-state index contributed by atoms with van der Waals surface area (Å²) in [5, 5.41) is 8.05. The second-order valence-electron chi connectivity index (χ2n) is 7.77. The van der Waals surface area contributed by atoms with E-state index in [4.69, 9.17) is 32.9 Å². The van der Waals surface area contributed by atoms with Crippen molar-refractivity contribution in [3.05, 3.63) is 33.8 Å². The Morgan fingerprint density at radius 3 is 2.52 bits per heavy atom. The van der Waals surface area contributed by atoms with Gasteiger partial charge < -0.3 is 15.4 Å². The molecule has 0 aromatic heterocycles. The van der Waals surface area contributed by atoms with Crippen molar-refractivity contribution in [3.8, 4) is 0 Å². The summed E-state index contributed by atoms with van der Waals surface area (Å²) in [6.45, 7) is 9.83. The van der Waals surface area contributed by atoms with E-state index in [0.717, 1.165) is 50.7 Å². The van der Waals surface area contributed by atoms with Crippen molar-refractivity contribution in [3.63, 3.8) is 0 Å². The normalized spacial score (nSPS) is 20.8. The molecular weight excluding hydrogens is 522 g/mol. The minimum absolute atomic E-state index is 0. The number of guanidine groups is 1. The van der Waals surface area contributed by atoms with Crippen molar-refractivity contribution < 1.29 is 4.74 Å². The fourth-order valence-electron chi connectivity index (χ4n) is 4.13. The van der Waals surface area contributed by atoms with Crippen LogP contribution in [0.2, 0.25) is 10.0 Å². The summed E-state index contributed by atoms with van der Waals surface area (Å²) in [4.78, 5) is 7.64. The number of hydrogen-bond donors (Lipinski definition) is 2. The zero-order chi connectivity index (χ0) is 20.0. The van der Waals surface area contributed by atoms with E-state index >= 15 is 0 Å². The molecule has 2 aliphatic heterocycles. The molecule has 2 fully saturated rings. The zero-order valence-corrected chi connectivity index (χ0v) is 21.2. The summed E-state index contributed by atoms with van der Waals surface area (Å²) in [6, 6.07) is 5.82. The first-order chi connectivity index (χ1) is 13.5. The maximum Gasteiger partial charge on any atom is 0.191 e. The number of benzene rings is 1. The highest BCUT2D eigenvalue weighted by molar-refractivity contribution is 14.0. The fraction of sp³-hybridized carbons (Fsp3) is 0.667. The van der Waals surface area contributed by atoms with Crippen LogP contribution in [0.5, 0.6) is 0 Å². The summed E-state index contributed by atoms with van der Waals surface area (Å²) in [6.07, 6.45) is 4.69.